The number of aryl methyl sites for hydroxylation is 1. The summed E-state index contributed by atoms with van der Waals surface area (Å²) in [5, 5.41) is 14.8. The van der Waals surface area contributed by atoms with Crippen molar-refractivity contribution in [2.24, 2.45) is 0 Å². The van der Waals surface area contributed by atoms with Crippen molar-refractivity contribution in [1.29, 1.82) is 0 Å². The lowest BCUT2D eigenvalue weighted by molar-refractivity contribution is -0.121. The number of carbonyl (C=O) groups excluding carboxylic acids is 2. The zero-order valence-electron chi connectivity index (χ0n) is 16.8. The van der Waals surface area contributed by atoms with Gasteiger partial charge in [0, 0.05) is 5.69 Å². The number of fused-ring (bicyclic) bond motifs is 1. The molecule has 9 heteroatoms. The molecule has 0 radical (unpaired) electrons. The van der Waals surface area contributed by atoms with E-state index in [0.717, 1.165) is 11.3 Å². The van der Waals surface area contributed by atoms with Crippen LogP contribution in [0, 0.1) is 13.8 Å². The van der Waals surface area contributed by atoms with Crippen molar-refractivity contribution in [3.05, 3.63) is 53.6 Å². The molecule has 0 aliphatic carbocycles. The summed E-state index contributed by atoms with van der Waals surface area (Å²) in [6.07, 6.45) is 0. The van der Waals surface area contributed by atoms with E-state index in [1.54, 1.807) is 6.07 Å². The van der Waals surface area contributed by atoms with Gasteiger partial charge in [0.1, 0.15) is 6.54 Å². The van der Waals surface area contributed by atoms with E-state index in [-0.39, 0.29) is 18.4 Å². The summed E-state index contributed by atoms with van der Waals surface area (Å²) in [6, 6.07) is 13.4. The van der Waals surface area contributed by atoms with Crippen molar-refractivity contribution < 1.29 is 9.59 Å². The predicted octanol–water partition coefficient (Wildman–Crippen LogP) is 4.36. The molecule has 1 atom stereocenters. The van der Waals surface area contributed by atoms with E-state index in [1.165, 1.54) is 33.6 Å². The van der Waals surface area contributed by atoms with Crippen LogP contribution in [-0.2, 0) is 9.59 Å². The molecule has 0 bridgehead atoms. The van der Waals surface area contributed by atoms with Gasteiger partial charge in [0.15, 0.2) is 4.34 Å². The predicted molar refractivity (Wildman–Crippen MR) is 122 cm³/mol. The summed E-state index contributed by atoms with van der Waals surface area (Å²) in [6.45, 7) is 5.95. The Bertz CT molecular complexity index is 1110. The Morgan fingerprint density at radius 2 is 2.00 bits per heavy atom. The number of hydrogen-bond acceptors (Lipinski definition) is 7. The Labute approximate surface area is 182 Å². The van der Waals surface area contributed by atoms with Gasteiger partial charge in [0.05, 0.1) is 16.6 Å². The minimum Gasteiger partial charge on any atom is -0.330 e. The molecule has 1 aliphatic rings. The summed E-state index contributed by atoms with van der Waals surface area (Å²) in [5.74, 6) is -0.336. The van der Waals surface area contributed by atoms with Crippen LogP contribution in [0.5, 0.6) is 0 Å². The molecule has 0 saturated carbocycles. The number of nitrogens with zero attached hydrogens (tertiary/aromatic N) is 3. The van der Waals surface area contributed by atoms with Gasteiger partial charge in [-0.05, 0) is 50.1 Å². The van der Waals surface area contributed by atoms with E-state index in [4.69, 9.17) is 0 Å². The van der Waals surface area contributed by atoms with Crippen molar-refractivity contribution >= 4 is 57.1 Å². The van der Waals surface area contributed by atoms with Gasteiger partial charge in [-0.2, -0.15) is 0 Å². The monoisotopic (exact) mass is 439 g/mol. The van der Waals surface area contributed by atoms with Crippen molar-refractivity contribution in [3.8, 4) is 0 Å². The van der Waals surface area contributed by atoms with Gasteiger partial charge >= 0.3 is 0 Å². The molecule has 0 saturated heterocycles. The molecule has 0 spiro atoms. The van der Waals surface area contributed by atoms with E-state index in [2.05, 4.69) is 40.7 Å². The second-order valence-corrected chi connectivity index (χ2v) is 9.56. The second kappa shape index (κ2) is 8.45. The van der Waals surface area contributed by atoms with E-state index in [1.807, 2.05) is 37.3 Å². The molecule has 30 heavy (non-hydrogen) atoms. The maximum absolute atomic E-state index is 13.1. The summed E-state index contributed by atoms with van der Waals surface area (Å²) in [7, 11) is 0. The standard InChI is InChI=1S/C21H21N5O2S2/c1-12-7-6-9-15(13(12)2)23-20-24-25-21(30-20)29-14(3)19(28)26-11-18(27)22-16-8-4-5-10-17(16)26/h4-10,14H,11H2,1-3H3,(H,22,27)(H,23,24)/t14-/m0/s1. The molecular formula is C21H21N5O2S2. The first-order chi connectivity index (χ1) is 14.4. The highest BCUT2D eigenvalue weighted by Crippen LogP contribution is 2.34. The fraction of sp³-hybridized carbons (Fsp3) is 0.238. The molecule has 2 heterocycles. The van der Waals surface area contributed by atoms with Crippen LogP contribution in [0.25, 0.3) is 0 Å². The Hall–Kier alpha value is -2.91. The molecule has 2 aromatic carbocycles. The van der Waals surface area contributed by atoms with Crippen LogP contribution in [0.2, 0.25) is 0 Å². The largest absolute Gasteiger partial charge is 0.330 e. The minimum atomic E-state index is -0.412. The minimum absolute atomic E-state index is 0.0102. The maximum atomic E-state index is 13.1. The van der Waals surface area contributed by atoms with Crippen molar-refractivity contribution in [2.45, 2.75) is 30.4 Å². The van der Waals surface area contributed by atoms with Gasteiger partial charge < -0.3 is 10.6 Å². The maximum Gasteiger partial charge on any atom is 0.244 e. The van der Waals surface area contributed by atoms with Gasteiger partial charge in [-0.25, -0.2) is 0 Å². The summed E-state index contributed by atoms with van der Waals surface area (Å²) >= 11 is 2.74. The SMILES string of the molecule is Cc1cccc(Nc2nnc(S[C@@H](C)C(=O)N3CC(=O)Nc4ccccc43)s2)c1C. The van der Waals surface area contributed by atoms with Gasteiger partial charge in [-0.15, -0.1) is 10.2 Å². The van der Waals surface area contributed by atoms with Crippen LogP contribution in [0.1, 0.15) is 18.1 Å². The van der Waals surface area contributed by atoms with E-state index in [0.29, 0.717) is 20.8 Å². The first kappa shape index (κ1) is 20.4. The number of amides is 2. The lowest BCUT2D eigenvalue weighted by Crippen LogP contribution is -2.45. The number of rotatable bonds is 5. The Morgan fingerprint density at radius 1 is 1.20 bits per heavy atom. The third-order valence-corrected chi connectivity index (χ3v) is 6.93. The van der Waals surface area contributed by atoms with Crippen LogP contribution >= 0.6 is 23.1 Å². The first-order valence-electron chi connectivity index (χ1n) is 9.46. The van der Waals surface area contributed by atoms with Gasteiger partial charge in [0.2, 0.25) is 16.9 Å². The van der Waals surface area contributed by atoms with Crippen molar-refractivity contribution in [3.63, 3.8) is 0 Å². The zero-order valence-corrected chi connectivity index (χ0v) is 18.4. The van der Waals surface area contributed by atoms with Gasteiger partial charge in [-0.3, -0.25) is 14.5 Å². The molecule has 3 aromatic rings. The first-order valence-corrected chi connectivity index (χ1v) is 11.2. The van der Waals surface area contributed by atoms with Crippen LogP contribution in [-0.4, -0.2) is 33.8 Å². The fourth-order valence-corrected chi connectivity index (χ4v) is 5.13. The third kappa shape index (κ3) is 4.17. The summed E-state index contributed by atoms with van der Waals surface area (Å²) in [5.41, 5.74) is 4.71. The third-order valence-electron chi connectivity index (χ3n) is 4.91. The topological polar surface area (TPSA) is 87.2 Å². The molecule has 7 nitrogen and oxygen atoms in total. The van der Waals surface area contributed by atoms with E-state index >= 15 is 0 Å². The Morgan fingerprint density at radius 3 is 2.83 bits per heavy atom. The normalized spacial score (nSPS) is 14.1. The molecule has 2 amide bonds. The number of hydrogen-bond donors (Lipinski definition) is 2. The quantitative estimate of drug-likeness (QED) is 0.574. The number of benzene rings is 2. The fourth-order valence-electron chi connectivity index (χ4n) is 3.16. The number of para-hydroxylation sites is 2. The zero-order chi connectivity index (χ0) is 21.3. The van der Waals surface area contributed by atoms with Crippen LogP contribution in [0.4, 0.5) is 22.2 Å². The summed E-state index contributed by atoms with van der Waals surface area (Å²) in [4.78, 5) is 26.6. The van der Waals surface area contributed by atoms with Crippen molar-refractivity contribution in [2.75, 3.05) is 22.1 Å². The average molecular weight is 440 g/mol. The average Bonchev–Trinajstić information content (AvgIpc) is 3.17. The van der Waals surface area contributed by atoms with Crippen LogP contribution in [0.15, 0.2) is 46.8 Å². The molecule has 0 unspecified atom stereocenters. The molecular weight excluding hydrogens is 418 g/mol. The number of carbonyl (C=O) groups is 2. The molecule has 1 aliphatic heterocycles. The van der Waals surface area contributed by atoms with Gasteiger partial charge in [-0.1, -0.05) is 47.4 Å². The highest BCUT2D eigenvalue weighted by Gasteiger charge is 2.30. The van der Waals surface area contributed by atoms with E-state index < -0.39 is 5.25 Å². The highest BCUT2D eigenvalue weighted by atomic mass is 32.2. The highest BCUT2D eigenvalue weighted by molar-refractivity contribution is 8.02. The van der Waals surface area contributed by atoms with Gasteiger partial charge in [0.25, 0.3) is 0 Å². The molecule has 0 fully saturated rings. The lowest BCUT2D eigenvalue weighted by Gasteiger charge is -2.30. The smallest absolute Gasteiger partial charge is 0.244 e. The molecule has 1 aromatic heterocycles. The second-order valence-electron chi connectivity index (χ2n) is 7.00. The number of aromatic nitrogens is 2. The lowest BCUT2D eigenvalue weighted by atomic mass is 10.1. The van der Waals surface area contributed by atoms with Crippen LogP contribution in [0.3, 0.4) is 0 Å². The molecule has 154 valence electrons. The molecule has 4 rings (SSSR count). The van der Waals surface area contributed by atoms with E-state index in [9.17, 15) is 9.59 Å². The Balaban J connectivity index is 1.46. The number of anilines is 4. The van der Waals surface area contributed by atoms with Crippen molar-refractivity contribution in [1.82, 2.24) is 10.2 Å². The number of thioether (sulfide) groups is 1. The Kier molecular flexibility index (Phi) is 5.74. The molecule has 2 N–H and O–H groups in total. The summed E-state index contributed by atoms with van der Waals surface area (Å²) < 4.78 is 0.693. The van der Waals surface area contributed by atoms with Crippen LogP contribution < -0.4 is 15.5 Å². The number of nitrogens with one attached hydrogen (secondary N) is 2.